The monoisotopic (exact) mass is 306 g/mol. The predicted molar refractivity (Wildman–Crippen MR) is 77.0 cm³/mol. The minimum atomic E-state index is 0.688. The van der Waals surface area contributed by atoms with E-state index in [1.807, 2.05) is 43.3 Å². The molecule has 94 valence electrons. The summed E-state index contributed by atoms with van der Waals surface area (Å²) in [6, 6.07) is 11.9. The van der Waals surface area contributed by atoms with Gasteiger partial charge in [-0.15, -0.1) is 0 Å². The summed E-state index contributed by atoms with van der Waals surface area (Å²) in [7, 11) is 1.66. The maximum Gasteiger partial charge on any atom is 0.121 e. The minimum absolute atomic E-state index is 0.688. The Labute approximate surface area is 115 Å². The highest BCUT2D eigenvalue weighted by atomic mass is 79.9. The van der Waals surface area contributed by atoms with E-state index in [0.29, 0.717) is 6.54 Å². The number of anilines is 1. The van der Waals surface area contributed by atoms with Gasteiger partial charge in [-0.3, -0.25) is 4.98 Å². The van der Waals surface area contributed by atoms with Gasteiger partial charge < -0.3 is 10.1 Å². The van der Waals surface area contributed by atoms with Gasteiger partial charge in [0.15, 0.2) is 0 Å². The Morgan fingerprint density at radius 1 is 1.28 bits per heavy atom. The van der Waals surface area contributed by atoms with Gasteiger partial charge in [0.05, 0.1) is 25.0 Å². The van der Waals surface area contributed by atoms with Gasteiger partial charge >= 0.3 is 0 Å². The molecule has 0 saturated carbocycles. The van der Waals surface area contributed by atoms with E-state index in [1.54, 1.807) is 7.11 Å². The number of methoxy groups -OCH3 is 1. The molecule has 0 bridgehead atoms. The van der Waals surface area contributed by atoms with E-state index < -0.39 is 0 Å². The first-order valence-electron chi connectivity index (χ1n) is 5.69. The summed E-state index contributed by atoms with van der Waals surface area (Å²) < 4.78 is 6.21. The number of hydrogen-bond donors (Lipinski definition) is 1. The lowest BCUT2D eigenvalue weighted by Gasteiger charge is -2.10. The van der Waals surface area contributed by atoms with Crippen molar-refractivity contribution in [3.63, 3.8) is 0 Å². The molecule has 1 heterocycles. The molecular weight excluding hydrogens is 292 g/mol. The lowest BCUT2D eigenvalue weighted by Crippen LogP contribution is -2.03. The van der Waals surface area contributed by atoms with Crippen molar-refractivity contribution in [3.8, 4) is 5.75 Å². The topological polar surface area (TPSA) is 34.1 Å². The van der Waals surface area contributed by atoms with Gasteiger partial charge in [0, 0.05) is 16.2 Å². The number of halogens is 1. The zero-order valence-corrected chi connectivity index (χ0v) is 12.0. The average Bonchev–Trinajstić information content (AvgIpc) is 2.38. The highest BCUT2D eigenvalue weighted by Gasteiger charge is 2.02. The van der Waals surface area contributed by atoms with E-state index >= 15 is 0 Å². The Morgan fingerprint density at radius 2 is 2.11 bits per heavy atom. The van der Waals surface area contributed by atoms with Crippen LogP contribution < -0.4 is 10.1 Å². The highest BCUT2D eigenvalue weighted by Crippen LogP contribution is 2.27. The third-order valence-electron chi connectivity index (χ3n) is 2.58. The van der Waals surface area contributed by atoms with Crippen molar-refractivity contribution in [2.75, 3.05) is 12.4 Å². The van der Waals surface area contributed by atoms with Crippen LogP contribution in [0.1, 0.15) is 11.4 Å². The van der Waals surface area contributed by atoms with Crippen molar-refractivity contribution in [2.45, 2.75) is 13.5 Å². The van der Waals surface area contributed by atoms with E-state index in [2.05, 4.69) is 26.2 Å². The van der Waals surface area contributed by atoms with Crippen LogP contribution in [0, 0.1) is 6.92 Å². The Bertz CT molecular complexity index is 543. The van der Waals surface area contributed by atoms with Gasteiger partial charge in [0.1, 0.15) is 5.75 Å². The molecule has 4 heteroatoms. The first-order valence-corrected chi connectivity index (χ1v) is 6.48. The third kappa shape index (κ3) is 3.23. The quantitative estimate of drug-likeness (QED) is 0.933. The SMILES string of the molecule is COc1ccc(Br)c(NCc2cccc(C)n2)c1. The normalized spacial score (nSPS) is 10.2. The summed E-state index contributed by atoms with van der Waals surface area (Å²) in [6.45, 7) is 2.68. The molecule has 0 fully saturated rings. The van der Waals surface area contributed by atoms with Crippen LogP contribution in [0.5, 0.6) is 5.75 Å². The zero-order valence-electron chi connectivity index (χ0n) is 10.4. The van der Waals surface area contributed by atoms with Crippen molar-refractivity contribution >= 4 is 21.6 Å². The van der Waals surface area contributed by atoms with Crippen molar-refractivity contribution in [3.05, 3.63) is 52.3 Å². The molecule has 18 heavy (non-hydrogen) atoms. The molecule has 2 rings (SSSR count). The molecule has 1 aromatic carbocycles. The van der Waals surface area contributed by atoms with Crippen LogP contribution in [-0.4, -0.2) is 12.1 Å². The molecule has 0 atom stereocenters. The summed E-state index contributed by atoms with van der Waals surface area (Å²) in [4.78, 5) is 4.45. The van der Waals surface area contributed by atoms with Gasteiger partial charge in [-0.05, 0) is 47.1 Å². The molecule has 1 aromatic heterocycles. The average molecular weight is 307 g/mol. The van der Waals surface area contributed by atoms with Crippen molar-refractivity contribution in [2.24, 2.45) is 0 Å². The van der Waals surface area contributed by atoms with E-state index in [-0.39, 0.29) is 0 Å². The first-order chi connectivity index (χ1) is 8.69. The van der Waals surface area contributed by atoms with Gasteiger partial charge in [0.25, 0.3) is 0 Å². The maximum absolute atomic E-state index is 5.20. The third-order valence-corrected chi connectivity index (χ3v) is 3.27. The molecule has 0 aliphatic heterocycles. The lowest BCUT2D eigenvalue weighted by atomic mass is 10.2. The van der Waals surface area contributed by atoms with Crippen molar-refractivity contribution in [1.29, 1.82) is 0 Å². The van der Waals surface area contributed by atoms with Crippen LogP contribution in [0.2, 0.25) is 0 Å². The first kappa shape index (κ1) is 12.9. The molecule has 3 nitrogen and oxygen atoms in total. The van der Waals surface area contributed by atoms with Crippen LogP contribution in [-0.2, 0) is 6.54 Å². The van der Waals surface area contributed by atoms with Crippen molar-refractivity contribution in [1.82, 2.24) is 4.98 Å². The fourth-order valence-corrected chi connectivity index (χ4v) is 2.04. The lowest BCUT2D eigenvalue weighted by molar-refractivity contribution is 0.415. The zero-order chi connectivity index (χ0) is 13.0. The van der Waals surface area contributed by atoms with E-state index in [9.17, 15) is 0 Å². The number of nitrogens with one attached hydrogen (secondary N) is 1. The largest absolute Gasteiger partial charge is 0.497 e. The number of pyridine rings is 1. The summed E-state index contributed by atoms with van der Waals surface area (Å²) in [5.74, 6) is 0.831. The standard InChI is InChI=1S/C14H15BrN2O/c1-10-4-3-5-11(17-10)9-16-14-8-12(18-2)6-7-13(14)15/h3-8,16H,9H2,1-2H3. The van der Waals surface area contributed by atoms with Crippen molar-refractivity contribution < 1.29 is 4.74 Å². The van der Waals surface area contributed by atoms with Crippen LogP contribution in [0.15, 0.2) is 40.9 Å². The maximum atomic E-state index is 5.20. The van der Waals surface area contributed by atoms with Gasteiger partial charge in [-0.25, -0.2) is 0 Å². The number of aryl methyl sites for hydroxylation is 1. The summed E-state index contributed by atoms with van der Waals surface area (Å²) >= 11 is 3.51. The Hall–Kier alpha value is -1.55. The molecular formula is C14H15BrN2O. The summed E-state index contributed by atoms with van der Waals surface area (Å²) in [5, 5.41) is 3.34. The van der Waals surface area contributed by atoms with Gasteiger partial charge in [-0.2, -0.15) is 0 Å². The summed E-state index contributed by atoms with van der Waals surface area (Å²) in [6.07, 6.45) is 0. The minimum Gasteiger partial charge on any atom is -0.497 e. The fraction of sp³-hybridized carbons (Fsp3) is 0.214. The molecule has 0 unspecified atom stereocenters. The second-order valence-electron chi connectivity index (χ2n) is 3.97. The number of benzene rings is 1. The molecule has 0 amide bonds. The molecule has 2 aromatic rings. The molecule has 0 radical (unpaired) electrons. The second kappa shape index (κ2) is 5.87. The van der Waals surface area contributed by atoms with E-state index in [1.165, 1.54) is 0 Å². The number of rotatable bonds is 4. The molecule has 0 aliphatic carbocycles. The molecule has 1 N–H and O–H groups in total. The Morgan fingerprint density at radius 3 is 2.83 bits per heavy atom. The molecule has 0 saturated heterocycles. The van der Waals surface area contributed by atoms with Crippen LogP contribution in [0.3, 0.4) is 0 Å². The van der Waals surface area contributed by atoms with Crippen LogP contribution in [0.4, 0.5) is 5.69 Å². The predicted octanol–water partition coefficient (Wildman–Crippen LogP) is 3.77. The molecule has 0 aliphatic rings. The van der Waals surface area contributed by atoms with E-state index in [4.69, 9.17) is 4.74 Å². The summed E-state index contributed by atoms with van der Waals surface area (Å²) in [5.41, 5.74) is 3.04. The van der Waals surface area contributed by atoms with Crippen LogP contribution >= 0.6 is 15.9 Å². The van der Waals surface area contributed by atoms with Gasteiger partial charge in [0.2, 0.25) is 0 Å². The number of hydrogen-bond acceptors (Lipinski definition) is 3. The van der Waals surface area contributed by atoms with Crippen LogP contribution in [0.25, 0.3) is 0 Å². The van der Waals surface area contributed by atoms with E-state index in [0.717, 1.165) is 27.3 Å². The Balaban J connectivity index is 2.10. The Kier molecular flexibility index (Phi) is 4.20. The second-order valence-corrected chi connectivity index (χ2v) is 4.82. The fourth-order valence-electron chi connectivity index (χ4n) is 1.65. The number of nitrogens with zero attached hydrogens (tertiary/aromatic N) is 1. The highest BCUT2D eigenvalue weighted by molar-refractivity contribution is 9.10. The molecule has 0 spiro atoms. The number of ether oxygens (including phenoxy) is 1. The number of aromatic nitrogens is 1. The smallest absolute Gasteiger partial charge is 0.121 e. The van der Waals surface area contributed by atoms with Gasteiger partial charge in [-0.1, -0.05) is 6.07 Å².